The highest BCUT2D eigenvalue weighted by atomic mass is 16.3. The highest BCUT2D eigenvalue weighted by molar-refractivity contribution is 6.06. The van der Waals surface area contributed by atoms with E-state index in [1.165, 1.54) is 58.2 Å². The molecule has 4 aliphatic rings. The molecule has 2 amide bonds. The molecule has 4 aliphatic carbocycles. The largest absolute Gasteiger partial charge is 0.393 e. The summed E-state index contributed by atoms with van der Waals surface area (Å²) in [6.45, 7) is -0.274. The van der Waals surface area contributed by atoms with Crippen molar-refractivity contribution in [1.29, 1.82) is 0 Å². The summed E-state index contributed by atoms with van der Waals surface area (Å²) in [5.41, 5.74) is 5.05. The molecule has 7 rings (SSSR count). The third-order valence-electron chi connectivity index (χ3n) is 9.74. The number of hydrogen-bond acceptors (Lipinski definition) is 4. The molecule has 0 aliphatic heterocycles. The van der Waals surface area contributed by atoms with E-state index in [0.29, 0.717) is 5.56 Å². The molecule has 1 atom stereocenters. The molecule has 204 valence electrons. The Balaban J connectivity index is 1.39. The highest BCUT2D eigenvalue weighted by Crippen LogP contribution is 2.61. The highest BCUT2D eigenvalue weighted by Gasteiger charge is 2.52. The molecule has 6 heteroatoms. The SMILES string of the molecule is CNC(=O)C(C(=O)NC)c1ccc2cc(-c3ccc(C(O)CO)c(C45CC6CC(CC(C6)C4)C5)c3)ccc2c1. The van der Waals surface area contributed by atoms with E-state index in [-0.39, 0.29) is 23.8 Å². The van der Waals surface area contributed by atoms with Gasteiger partial charge in [-0.2, -0.15) is 0 Å². The van der Waals surface area contributed by atoms with Gasteiger partial charge < -0.3 is 20.8 Å². The molecule has 0 spiro atoms. The van der Waals surface area contributed by atoms with Crippen LogP contribution in [-0.4, -0.2) is 42.7 Å². The Bertz CT molecular complexity index is 1380. The van der Waals surface area contributed by atoms with Crippen molar-refractivity contribution in [2.24, 2.45) is 17.8 Å². The lowest BCUT2D eigenvalue weighted by atomic mass is 9.47. The molecule has 4 saturated carbocycles. The van der Waals surface area contributed by atoms with Gasteiger partial charge in [0.2, 0.25) is 11.8 Å². The predicted molar refractivity (Wildman–Crippen MR) is 152 cm³/mol. The maximum atomic E-state index is 12.4. The maximum absolute atomic E-state index is 12.4. The lowest BCUT2D eigenvalue weighted by molar-refractivity contribution is -0.131. The number of carbonyl (C=O) groups is 2. The molecule has 1 unspecified atom stereocenters. The number of hydrogen-bond donors (Lipinski definition) is 4. The quantitative estimate of drug-likeness (QED) is 0.339. The Morgan fingerprint density at radius 2 is 1.36 bits per heavy atom. The van der Waals surface area contributed by atoms with E-state index in [1.807, 2.05) is 30.3 Å². The molecule has 3 aromatic rings. The zero-order valence-corrected chi connectivity index (χ0v) is 22.7. The first-order chi connectivity index (χ1) is 18.8. The number of benzene rings is 3. The minimum absolute atomic E-state index is 0.0940. The second-order valence-electron chi connectivity index (χ2n) is 12.2. The van der Waals surface area contributed by atoms with Gasteiger partial charge in [0.05, 0.1) is 6.61 Å². The first kappa shape index (κ1) is 26.0. The summed E-state index contributed by atoms with van der Waals surface area (Å²) in [6.07, 6.45) is 6.74. The van der Waals surface area contributed by atoms with Gasteiger partial charge in [-0.3, -0.25) is 9.59 Å². The number of fused-ring (bicyclic) bond motifs is 1. The van der Waals surface area contributed by atoms with E-state index in [9.17, 15) is 19.8 Å². The normalized spacial score (nSPS) is 26.1. The molecular formula is C33H38N2O4. The van der Waals surface area contributed by atoms with Crippen LogP contribution in [-0.2, 0) is 15.0 Å². The van der Waals surface area contributed by atoms with Crippen LogP contribution < -0.4 is 10.6 Å². The van der Waals surface area contributed by atoms with E-state index in [4.69, 9.17) is 0 Å². The standard InChI is InChI=1S/C33H38N2O4/c1-34-31(38)30(32(39)35-2)26-6-5-22-12-23(3-4-24(22)13-26)25-7-8-27(29(37)18-36)28(14-25)33-15-19-9-20(16-33)11-21(10-19)17-33/h3-8,12-14,19-21,29-30,36-37H,9-11,15-18H2,1-2H3,(H,34,38)(H,35,39). The summed E-state index contributed by atoms with van der Waals surface area (Å²) < 4.78 is 0. The van der Waals surface area contributed by atoms with Crippen molar-refractivity contribution in [3.63, 3.8) is 0 Å². The van der Waals surface area contributed by atoms with E-state index in [1.54, 1.807) is 0 Å². The van der Waals surface area contributed by atoms with Gasteiger partial charge in [-0.15, -0.1) is 0 Å². The van der Waals surface area contributed by atoms with E-state index < -0.39 is 12.0 Å². The summed E-state index contributed by atoms with van der Waals surface area (Å²) in [6, 6.07) is 18.4. The minimum atomic E-state index is -0.905. The topological polar surface area (TPSA) is 98.7 Å². The molecule has 39 heavy (non-hydrogen) atoms. The second kappa shape index (κ2) is 10.1. The molecule has 3 aromatic carbocycles. The Kier molecular flexibility index (Phi) is 6.72. The van der Waals surface area contributed by atoms with Gasteiger partial charge >= 0.3 is 0 Å². The zero-order valence-electron chi connectivity index (χ0n) is 22.7. The average molecular weight is 527 g/mol. The summed E-state index contributed by atoms with van der Waals surface area (Å²) in [5.74, 6) is 0.754. The molecule has 4 bridgehead atoms. The van der Waals surface area contributed by atoms with Gasteiger partial charge in [-0.25, -0.2) is 0 Å². The van der Waals surface area contributed by atoms with Gasteiger partial charge in [0.15, 0.2) is 0 Å². The van der Waals surface area contributed by atoms with Crippen LogP contribution in [0, 0.1) is 17.8 Å². The first-order valence-electron chi connectivity index (χ1n) is 14.2. The molecule has 4 fully saturated rings. The number of likely N-dealkylation sites (N-methyl/N-ethyl adjacent to an activating group) is 2. The average Bonchev–Trinajstić information content (AvgIpc) is 2.95. The minimum Gasteiger partial charge on any atom is -0.393 e. The third kappa shape index (κ3) is 4.53. The number of aliphatic hydroxyl groups is 2. The van der Waals surface area contributed by atoms with Crippen LogP contribution in [0.5, 0.6) is 0 Å². The van der Waals surface area contributed by atoms with Gasteiger partial charge in [-0.05, 0) is 112 Å². The van der Waals surface area contributed by atoms with Crippen LogP contribution in [0.3, 0.4) is 0 Å². The maximum Gasteiger partial charge on any atom is 0.236 e. The van der Waals surface area contributed by atoms with Crippen LogP contribution in [0.4, 0.5) is 0 Å². The molecule has 0 radical (unpaired) electrons. The van der Waals surface area contributed by atoms with Crippen molar-refractivity contribution in [3.05, 3.63) is 71.3 Å². The van der Waals surface area contributed by atoms with Gasteiger partial charge in [0.1, 0.15) is 12.0 Å². The predicted octanol–water partition coefficient (Wildman–Crippen LogP) is 4.58. The summed E-state index contributed by atoms with van der Waals surface area (Å²) >= 11 is 0. The number of nitrogens with one attached hydrogen (secondary N) is 2. The fraction of sp³-hybridized carbons (Fsp3) is 0.455. The molecular weight excluding hydrogens is 488 g/mol. The number of aliphatic hydroxyl groups excluding tert-OH is 2. The van der Waals surface area contributed by atoms with Crippen molar-refractivity contribution in [3.8, 4) is 11.1 Å². The Morgan fingerprint density at radius 3 is 1.95 bits per heavy atom. The Morgan fingerprint density at radius 1 is 0.821 bits per heavy atom. The lowest BCUT2D eigenvalue weighted by Crippen LogP contribution is -2.49. The Hall–Kier alpha value is -3.22. The molecule has 0 heterocycles. The van der Waals surface area contributed by atoms with Crippen molar-refractivity contribution >= 4 is 22.6 Å². The van der Waals surface area contributed by atoms with Gasteiger partial charge in [0.25, 0.3) is 0 Å². The summed E-state index contributed by atoms with van der Waals surface area (Å²) in [5, 5.41) is 27.8. The van der Waals surface area contributed by atoms with Crippen molar-refractivity contribution in [2.45, 2.75) is 56.0 Å². The van der Waals surface area contributed by atoms with Crippen LogP contribution in [0.1, 0.15) is 67.2 Å². The smallest absolute Gasteiger partial charge is 0.236 e. The van der Waals surface area contributed by atoms with Crippen molar-refractivity contribution in [1.82, 2.24) is 10.6 Å². The number of carbonyl (C=O) groups excluding carboxylic acids is 2. The van der Waals surface area contributed by atoms with Crippen LogP contribution in [0.2, 0.25) is 0 Å². The molecule has 0 saturated heterocycles. The van der Waals surface area contributed by atoms with Gasteiger partial charge in [0, 0.05) is 14.1 Å². The lowest BCUT2D eigenvalue weighted by Gasteiger charge is -2.57. The van der Waals surface area contributed by atoms with Crippen LogP contribution >= 0.6 is 0 Å². The number of amides is 2. The second-order valence-corrected chi connectivity index (χ2v) is 12.2. The van der Waals surface area contributed by atoms with E-state index >= 15 is 0 Å². The zero-order chi connectivity index (χ0) is 27.3. The third-order valence-corrected chi connectivity index (χ3v) is 9.74. The summed E-state index contributed by atoms with van der Waals surface area (Å²) in [7, 11) is 3.07. The van der Waals surface area contributed by atoms with Crippen LogP contribution in [0.25, 0.3) is 21.9 Å². The van der Waals surface area contributed by atoms with Crippen LogP contribution in [0.15, 0.2) is 54.6 Å². The van der Waals surface area contributed by atoms with Crippen molar-refractivity contribution < 1.29 is 19.8 Å². The monoisotopic (exact) mass is 526 g/mol. The van der Waals surface area contributed by atoms with Gasteiger partial charge in [-0.1, -0.05) is 42.5 Å². The molecule has 6 nitrogen and oxygen atoms in total. The fourth-order valence-electron chi connectivity index (χ4n) is 8.36. The number of rotatable bonds is 7. The fourth-order valence-corrected chi connectivity index (χ4v) is 8.36. The summed E-state index contributed by atoms with van der Waals surface area (Å²) in [4.78, 5) is 24.9. The van der Waals surface area contributed by atoms with E-state index in [2.05, 4.69) is 34.9 Å². The molecule has 4 N–H and O–H groups in total. The Labute approximate surface area is 229 Å². The molecule has 0 aromatic heterocycles. The van der Waals surface area contributed by atoms with Crippen molar-refractivity contribution in [2.75, 3.05) is 20.7 Å². The van der Waals surface area contributed by atoms with E-state index in [0.717, 1.165) is 45.2 Å². The first-order valence-corrected chi connectivity index (χ1v) is 14.2.